The number of nitrogens with one attached hydrogen (secondary N) is 1. The van der Waals surface area contributed by atoms with E-state index in [1.54, 1.807) is 7.11 Å². The van der Waals surface area contributed by atoms with Crippen molar-refractivity contribution in [3.63, 3.8) is 0 Å². The molecule has 1 saturated carbocycles. The first kappa shape index (κ1) is 12.4. The van der Waals surface area contributed by atoms with E-state index in [2.05, 4.69) is 34.7 Å². The van der Waals surface area contributed by atoms with E-state index in [1.807, 2.05) is 4.68 Å². The second-order valence-corrected chi connectivity index (χ2v) is 4.62. The summed E-state index contributed by atoms with van der Waals surface area (Å²) in [4.78, 5) is 0. The molecule has 1 N–H and O–H groups in total. The van der Waals surface area contributed by atoms with Gasteiger partial charge in [0.2, 0.25) is 0 Å². The first-order valence-corrected chi connectivity index (χ1v) is 6.28. The Labute approximate surface area is 102 Å². The van der Waals surface area contributed by atoms with Crippen LogP contribution in [0.2, 0.25) is 0 Å². The van der Waals surface area contributed by atoms with E-state index < -0.39 is 0 Å². The van der Waals surface area contributed by atoms with Crippen LogP contribution in [0, 0.1) is 5.92 Å². The van der Waals surface area contributed by atoms with Crippen molar-refractivity contribution in [2.45, 2.75) is 38.8 Å². The summed E-state index contributed by atoms with van der Waals surface area (Å²) in [5.41, 5.74) is 0. The van der Waals surface area contributed by atoms with Gasteiger partial charge in [-0.2, -0.15) is 0 Å². The minimum atomic E-state index is 0.165. The average molecular weight is 239 g/mol. The predicted octanol–water partition coefficient (Wildman–Crippen LogP) is 0.941. The summed E-state index contributed by atoms with van der Waals surface area (Å²) in [6.07, 6.45) is 2.41. The zero-order valence-electron chi connectivity index (χ0n) is 10.8. The van der Waals surface area contributed by atoms with Crippen molar-refractivity contribution in [1.82, 2.24) is 25.5 Å². The van der Waals surface area contributed by atoms with Crippen LogP contribution < -0.4 is 5.32 Å². The minimum Gasteiger partial charge on any atom is -0.383 e. The van der Waals surface area contributed by atoms with Gasteiger partial charge in [0.15, 0.2) is 5.82 Å². The third-order valence-electron chi connectivity index (χ3n) is 3.39. The van der Waals surface area contributed by atoms with E-state index in [4.69, 9.17) is 4.74 Å². The quantitative estimate of drug-likeness (QED) is 0.717. The molecule has 2 rings (SSSR count). The lowest BCUT2D eigenvalue weighted by Crippen LogP contribution is -2.25. The minimum absolute atomic E-state index is 0.165. The number of ether oxygens (including phenoxy) is 1. The molecule has 0 bridgehead atoms. The molecule has 1 aliphatic rings. The van der Waals surface area contributed by atoms with E-state index in [1.165, 1.54) is 12.8 Å². The molecular weight excluding hydrogens is 218 g/mol. The summed E-state index contributed by atoms with van der Waals surface area (Å²) in [5.74, 6) is 1.69. The van der Waals surface area contributed by atoms with E-state index in [0.29, 0.717) is 12.6 Å². The first-order valence-electron chi connectivity index (χ1n) is 6.28. The lowest BCUT2D eigenvalue weighted by Gasteiger charge is -2.13. The van der Waals surface area contributed by atoms with Gasteiger partial charge in [-0.05, 0) is 29.7 Å². The van der Waals surface area contributed by atoms with Gasteiger partial charge in [0.1, 0.15) is 0 Å². The van der Waals surface area contributed by atoms with Crippen molar-refractivity contribution in [2.24, 2.45) is 5.92 Å². The van der Waals surface area contributed by atoms with Gasteiger partial charge in [-0.15, -0.1) is 5.10 Å². The van der Waals surface area contributed by atoms with Gasteiger partial charge in [-0.1, -0.05) is 13.3 Å². The number of aromatic nitrogens is 4. The van der Waals surface area contributed by atoms with E-state index in [0.717, 1.165) is 18.3 Å². The van der Waals surface area contributed by atoms with Crippen molar-refractivity contribution in [2.75, 3.05) is 20.3 Å². The highest BCUT2D eigenvalue weighted by Gasteiger charge is 2.40. The monoisotopic (exact) mass is 239 g/mol. The highest BCUT2D eigenvalue weighted by molar-refractivity contribution is 4.99. The molecule has 1 fully saturated rings. The second-order valence-electron chi connectivity index (χ2n) is 4.62. The maximum atomic E-state index is 5.01. The lowest BCUT2D eigenvalue weighted by molar-refractivity contribution is 0.195. The van der Waals surface area contributed by atoms with Gasteiger partial charge in [-0.3, -0.25) is 0 Å². The average Bonchev–Trinajstić information content (AvgIpc) is 2.96. The van der Waals surface area contributed by atoms with Gasteiger partial charge in [0.05, 0.1) is 18.7 Å². The number of rotatable bonds is 7. The third-order valence-corrected chi connectivity index (χ3v) is 3.39. The standard InChI is InChI=1S/C11H21N5O/c1-4-9-7-10(9)16-11(13-14-15-16)8(2)12-5-6-17-3/h8-10,12H,4-7H2,1-3H3. The van der Waals surface area contributed by atoms with Crippen LogP contribution in [0.1, 0.15) is 44.6 Å². The van der Waals surface area contributed by atoms with Crippen LogP contribution >= 0.6 is 0 Å². The Hall–Kier alpha value is -1.01. The molecule has 3 atom stereocenters. The van der Waals surface area contributed by atoms with Gasteiger partial charge in [0.25, 0.3) is 0 Å². The molecule has 3 unspecified atom stereocenters. The Bertz CT molecular complexity index is 353. The largest absolute Gasteiger partial charge is 0.383 e. The lowest BCUT2D eigenvalue weighted by atomic mass is 10.3. The maximum Gasteiger partial charge on any atom is 0.168 e. The van der Waals surface area contributed by atoms with Gasteiger partial charge < -0.3 is 10.1 Å². The molecule has 0 saturated heterocycles. The Morgan fingerprint density at radius 3 is 3.06 bits per heavy atom. The number of hydrogen-bond donors (Lipinski definition) is 1. The van der Waals surface area contributed by atoms with Crippen LogP contribution in [0.25, 0.3) is 0 Å². The van der Waals surface area contributed by atoms with Crippen molar-refractivity contribution in [3.8, 4) is 0 Å². The summed E-state index contributed by atoms with van der Waals surface area (Å²) >= 11 is 0. The molecule has 1 aromatic rings. The molecule has 1 heterocycles. The molecular formula is C11H21N5O. The SMILES string of the molecule is CCC1CC1n1nnnc1C(C)NCCOC. The molecule has 6 nitrogen and oxygen atoms in total. The highest BCUT2D eigenvalue weighted by atomic mass is 16.5. The molecule has 96 valence electrons. The molecule has 0 aliphatic heterocycles. The maximum absolute atomic E-state index is 5.01. The summed E-state index contributed by atoms with van der Waals surface area (Å²) in [6.45, 7) is 5.81. The Kier molecular flexibility index (Phi) is 4.06. The fourth-order valence-corrected chi connectivity index (χ4v) is 2.16. The van der Waals surface area contributed by atoms with Crippen LogP contribution in [0.3, 0.4) is 0 Å². The van der Waals surface area contributed by atoms with E-state index >= 15 is 0 Å². The zero-order chi connectivity index (χ0) is 12.3. The van der Waals surface area contributed by atoms with Crippen molar-refractivity contribution < 1.29 is 4.74 Å². The summed E-state index contributed by atoms with van der Waals surface area (Å²) < 4.78 is 7.00. The number of hydrogen-bond acceptors (Lipinski definition) is 5. The van der Waals surface area contributed by atoms with Crippen LogP contribution in [-0.2, 0) is 4.74 Å². The molecule has 0 aromatic carbocycles. The van der Waals surface area contributed by atoms with Crippen molar-refractivity contribution in [1.29, 1.82) is 0 Å². The highest BCUT2D eigenvalue weighted by Crippen LogP contribution is 2.45. The van der Waals surface area contributed by atoms with Gasteiger partial charge in [-0.25, -0.2) is 4.68 Å². The summed E-state index contributed by atoms with van der Waals surface area (Å²) in [7, 11) is 1.70. The van der Waals surface area contributed by atoms with Crippen LogP contribution in [0.15, 0.2) is 0 Å². The topological polar surface area (TPSA) is 64.9 Å². The van der Waals surface area contributed by atoms with Crippen LogP contribution in [0.5, 0.6) is 0 Å². The van der Waals surface area contributed by atoms with E-state index in [9.17, 15) is 0 Å². The Morgan fingerprint density at radius 2 is 2.41 bits per heavy atom. The molecule has 1 aromatic heterocycles. The number of tetrazole rings is 1. The van der Waals surface area contributed by atoms with Crippen LogP contribution in [-0.4, -0.2) is 40.5 Å². The second kappa shape index (κ2) is 5.55. The zero-order valence-corrected chi connectivity index (χ0v) is 10.8. The van der Waals surface area contributed by atoms with Crippen molar-refractivity contribution in [3.05, 3.63) is 5.82 Å². The Balaban J connectivity index is 1.94. The summed E-state index contributed by atoms with van der Waals surface area (Å²) in [6, 6.07) is 0.676. The fourth-order valence-electron chi connectivity index (χ4n) is 2.16. The first-order chi connectivity index (χ1) is 8.27. The molecule has 1 aliphatic carbocycles. The van der Waals surface area contributed by atoms with E-state index in [-0.39, 0.29) is 6.04 Å². The smallest absolute Gasteiger partial charge is 0.168 e. The molecule has 17 heavy (non-hydrogen) atoms. The van der Waals surface area contributed by atoms with Crippen molar-refractivity contribution >= 4 is 0 Å². The Morgan fingerprint density at radius 1 is 1.59 bits per heavy atom. The molecule has 0 spiro atoms. The molecule has 6 heteroatoms. The summed E-state index contributed by atoms with van der Waals surface area (Å²) in [5, 5.41) is 15.4. The van der Waals surface area contributed by atoms with Gasteiger partial charge in [0, 0.05) is 13.7 Å². The fraction of sp³-hybridized carbons (Fsp3) is 0.909. The predicted molar refractivity (Wildman–Crippen MR) is 63.5 cm³/mol. The third kappa shape index (κ3) is 2.81. The molecule has 0 radical (unpaired) electrons. The molecule has 0 amide bonds. The number of methoxy groups -OCH3 is 1. The normalized spacial score (nSPS) is 24.9. The van der Waals surface area contributed by atoms with Gasteiger partial charge >= 0.3 is 0 Å². The number of nitrogens with zero attached hydrogens (tertiary/aromatic N) is 4. The van der Waals surface area contributed by atoms with Crippen LogP contribution in [0.4, 0.5) is 0 Å².